The molecule has 2 unspecified atom stereocenters. The summed E-state index contributed by atoms with van der Waals surface area (Å²) in [7, 11) is 1.55. The number of amides is 2. The molecule has 0 aliphatic heterocycles. The second-order valence-electron chi connectivity index (χ2n) is 3.18. The monoisotopic (exact) mass is 220 g/mol. The molecule has 0 fully saturated rings. The molecule has 5 N–H and O–H groups in total. The van der Waals surface area contributed by atoms with Crippen molar-refractivity contribution in [2.75, 3.05) is 20.3 Å². The SMILES string of the molecule is CC(CO)C(N)=O.CNC(=O)C(C)CO. The normalized spacial score (nSPS) is 13.1. The van der Waals surface area contributed by atoms with Gasteiger partial charge in [0.05, 0.1) is 25.0 Å². The van der Waals surface area contributed by atoms with Crippen LogP contribution in [-0.4, -0.2) is 42.3 Å². The molecule has 0 saturated heterocycles. The average molecular weight is 220 g/mol. The number of nitrogens with one attached hydrogen (secondary N) is 1. The Morgan fingerprint density at radius 1 is 1.20 bits per heavy atom. The Bertz CT molecular complexity index is 197. The van der Waals surface area contributed by atoms with E-state index in [-0.39, 0.29) is 25.0 Å². The molecule has 90 valence electrons. The highest BCUT2D eigenvalue weighted by molar-refractivity contribution is 5.77. The maximum atomic E-state index is 10.5. The number of rotatable bonds is 4. The van der Waals surface area contributed by atoms with Crippen molar-refractivity contribution in [2.45, 2.75) is 13.8 Å². The summed E-state index contributed by atoms with van der Waals surface area (Å²) in [5.74, 6) is -1.25. The lowest BCUT2D eigenvalue weighted by Gasteiger charge is -2.03. The first-order chi connectivity index (χ1) is 6.90. The quantitative estimate of drug-likeness (QED) is 0.460. The number of hydrogen-bond donors (Lipinski definition) is 4. The van der Waals surface area contributed by atoms with Crippen LogP contribution in [0.5, 0.6) is 0 Å². The van der Waals surface area contributed by atoms with Crippen LogP contribution >= 0.6 is 0 Å². The van der Waals surface area contributed by atoms with E-state index in [1.54, 1.807) is 20.9 Å². The van der Waals surface area contributed by atoms with E-state index in [1.165, 1.54) is 0 Å². The predicted octanol–water partition coefficient (Wildman–Crippen LogP) is -1.54. The Hall–Kier alpha value is -1.14. The highest BCUT2D eigenvalue weighted by atomic mass is 16.3. The van der Waals surface area contributed by atoms with Gasteiger partial charge in [0.15, 0.2) is 0 Å². The van der Waals surface area contributed by atoms with E-state index in [1.807, 2.05) is 0 Å². The Kier molecular flexibility index (Phi) is 10.2. The molecule has 0 bridgehead atoms. The third kappa shape index (κ3) is 9.17. The van der Waals surface area contributed by atoms with E-state index < -0.39 is 11.8 Å². The first-order valence-corrected chi connectivity index (χ1v) is 4.63. The molecular weight excluding hydrogens is 200 g/mol. The number of primary amides is 1. The first kappa shape index (κ1) is 16.3. The molecule has 2 atom stereocenters. The maximum Gasteiger partial charge on any atom is 0.224 e. The third-order valence-electron chi connectivity index (χ3n) is 1.73. The Morgan fingerprint density at radius 2 is 1.60 bits per heavy atom. The molecule has 0 aromatic rings. The summed E-state index contributed by atoms with van der Waals surface area (Å²) in [4.78, 5) is 20.5. The van der Waals surface area contributed by atoms with Crippen molar-refractivity contribution < 1.29 is 19.8 Å². The smallest absolute Gasteiger partial charge is 0.224 e. The van der Waals surface area contributed by atoms with E-state index in [9.17, 15) is 9.59 Å². The van der Waals surface area contributed by atoms with Gasteiger partial charge in [-0.05, 0) is 0 Å². The molecule has 0 radical (unpaired) electrons. The van der Waals surface area contributed by atoms with Crippen LogP contribution in [0.25, 0.3) is 0 Å². The molecule has 6 heteroatoms. The maximum absolute atomic E-state index is 10.5. The Morgan fingerprint density at radius 3 is 1.67 bits per heavy atom. The number of aliphatic hydroxyl groups excluding tert-OH is 2. The highest BCUT2D eigenvalue weighted by Gasteiger charge is 2.07. The summed E-state index contributed by atoms with van der Waals surface area (Å²) < 4.78 is 0. The van der Waals surface area contributed by atoms with Crippen LogP contribution in [0.3, 0.4) is 0 Å². The Labute approximate surface area is 89.5 Å². The molecule has 6 nitrogen and oxygen atoms in total. The van der Waals surface area contributed by atoms with Crippen LogP contribution in [0.1, 0.15) is 13.8 Å². The largest absolute Gasteiger partial charge is 0.396 e. The predicted molar refractivity (Wildman–Crippen MR) is 55.8 cm³/mol. The molecule has 0 aromatic heterocycles. The van der Waals surface area contributed by atoms with E-state index >= 15 is 0 Å². The highest BCUT2D eigenvalue weighted by Crippen LogP contribution is 1.89. The first-order valence-electron chi connectivity index (χ1n) is 4.63. The van der Waals surface area contributed by atoms with Gasteiger partial charge in [-0.25, -0.2) is 0 Å². The van der Waals surface area contributed by atoms with Crippen molar-refractivity contribution in [1.82, 2.24) is 5.32 Å². The molecule has 0 spiro atoms. The lowest BCUT2D eigenvalue weighted by atomic mass is 10.2. The van der Waals surface area contributed by atoms with Gasteiger partial charge in [0.25, 0.3) is 0 Å². The van der Waals surface area contributed by atoms with Crippen LogP contribution in [0, 0.1) is 11.8 Å². The molecule has 0 aliphatic carbocycles. The lowest BCUT2D eigenvalue weighted by molar-refractivity contribution is -0.125. The van der Waals surface area contributed by atoms with E-state index in [2.05, 4.69) is 5.32 Å². The van der Waals surface area contributed by atoms with Gasteiger partial charge >= 0.3 is 0 Å². The van der Waals surface area contributed by atoms with Crippen molar-refractivity contribution >= 4 is 11.8 Å². The number of hydrogen-bond acceptors (Lipinski definition) is 4. The molecule has 0 heterocycles. The van der Waals surface area contributed by atoms with Crippen LogP contribution < -0.4 is 11.1 Å². The van der Waals surface area contributed by atoms with E-state index in [0.29, 0.717) is 0 Å². The molecule has 0 rings (SSSR count). The second kappa shape index (κ2) is 9.42. The van der Waals surface area contributed by atoms with Crippen molar-refractivity contribution in [2.24, 2.45) is 17.6 Å². The topological polar surface area (TPSA) is 113 Å². The molecule has 0 saturated carbocycles. The number of nitrogens with two attached hydrogens (primary N) is 1. The molecule has 15 heavy (non-hydrogen) atoms. The number of aliphatic hydroxyl groups is 2. The van der Waals surface area contributed by atoms with Crippen LogP contribution in [0.2, 0.25) is 0 Å². The van der Waals surface area contributed by atoms with Crippen LogP contribution in [0.4, 0.5) is 0 Å². The zero-order chi connectivity index (χ0) is 12.4. The standard InChI is InChI=1S/C5H11NO2.C4H9NO2/c1-4(3-7)5(8)6-2;1-3(2-6)4(5)7/h4,7H,3H2,1-2H3,(H,6,8);3,6H,2H2,1H3,(H2,5,7). The van der Waals surface area contributed by atoms with Gasteiger partial charge in [0, 0.05) is 7.05 Å². The van der Waals surface area contributed by atoms with Gasteiger partial charge < -0.3 is 21.3 Å². The minimum atomic E-state index is -0.456. The summed E-state index contributed by atoms with van der Waals surface area (Å²) in [5.41, 5.74) is 4.75. The molecule has 2 amide bonds. The lowest BCUT2D eigenvalue weighted by Crippen LogP contribution is -2.27. The zero-order valence-corrected chi connectivity index (χ0v) is 9.36. The van der Waals surface area contributed by atoms with E-state index in [4.69, 9.17) is 15.9 Å². The third-order valence-corrected chi connectivity index (χ3v) is 1.73. The minimum Gasteiger partial charge on any atom is -0.396 e. The fourth-order valence-electron chi connectivity index (χ4n) is 0.419. The van der Waals surface area contributed by atoms with Gasteiger partial charge in [-0.15, -0.1) is 0 Å². The molecule has 0 aromatic carbocycles. The van der Waals surface area contributed by atoms with Crippen LogP contribution in [-0.2, 0) is 9.59 Å². The minimum absolute atomic E-state index is 0.0837. The Balaban J connectivity index is 0. The fourth-order valence-corrected chi connectivity index (χ4v) is 0.419. The van der Waals surface area contributed by atoms with Gasteiger partial charge in [0.2, 0.25) is 11.8 Å². The second-order valence-corrected chi connectivity index (χ2v) is 3.18. The summed E-state index contributed by atoms with van der Waals surface area (Å²) in [6, 6.07) is 0. The number of carbonyl (C=O) groups excluding carboxylic acids is 2. The van der Waals surface area contributed by atoms with Crippen molar-refractivity contribution in [3.63, 3.8) is 0 Å². The van der Waals surface area contributed by atoms with Gasteiger partial charge in [0.1, 0.15) is 0 Å². The van der Waals surface area contributed by atoms with E-state index in [0.717, 1.165) is 0 Å². The van der Waals surface area contributed by atoms with Gasteiger partial charge in [-0.2, -0.15) is 0 Å². The zero-order valence-electron chi connectivity index (χ0n) is 9.36. The van der Waals surface area contributed by atoms with Crippen molar-refractivity contribution in [1.29, 1.82) is 0 Å². The van der Waals surface area contributed by atoms with Crippen molar-refractivity contribution in [3.8, 4) is 0 Å². The molecule has 0 aliphatic rings. The number of carbonyl (C=O) groups is 2. The van der Waals surface area contributed by atoms with Crippen molar-refractivity contribution in [3.05, 3.63) is 0 Å². The van der Waals surface area contributed by atoms with Gasteiger partial charge in [-0.3, -0.25) is 9.59 Å². The summed E-state index contributed by atoms with van der Waals surface area (Å²) in [6.07, 6.45) is 0. The summed E-state index contributed by atoms with van der Waals surface area (Å²) >= 11 is 0. The van der Waals surface area contributed by atoms with Gasteiger partial charge in [-0.1, -0.05) is 13.8 Å². The summed E-state index contributed by atoms with van der Waals surface area (Å²) in [5, 5.41) is 19.0. The molecular formula is C9H20N2O4. The average Bonchev–Trinajstić information content (AvgIpc) is 2.26. The fraction of sp³-hybridized carbons (Fsp3) is 0.778. The summed E-state index contributed by atoms with van der Waals surface area (Å²) in [6.45, 7) is 3.00. The van der Waals surface area contributed by atoms with Crippen LogP contribution in [0.15, 0.2) is 0 Å².